The molecule has 0 spiro atoms. The number of likely N-dealkylation sites (N-methyl/N-ethyl adjacent to an activating group) is 1. The van der Waals surface area contributed by atoms with Crippen LogP contribution in [0.15, 0.2) is 30.5 Å². The average molecular weight is 316 g/mol. The molecule has 1 aliphatic rings. The molecule has 0 radical (unpaired) electrons. The molecule has 0 bridgehead atoms. The molecular weight excluding hydrogens is 295 g/mol. The maximum absolute atomic E-state index is 13.1. The van der Waals surface area contributed by atoms with E-state index in [1.165, 1.54) is 12.1 Å². The van der Waals surface area contributed by atoms with Crippen molar-refractivity contribution in [2.45, 2.75) is 25.8 Å². The van der Waals surface area contributed by atoms with E-state index in [-0.39, 0.29) is 17.8 Å². The Morgan fingerprint density at radius 1 is 1.43 bits per heavy atom. The van der Waals surface area contributed by atoms with Crippen LogP contribution in [0.5, 0.6) is 0 Å². The Morgan fingerprint density at radius 2 is 2.17 bits per heavy atom. The molecule has 2 heterocycles. The van der Waals surface area contributed by atoms with E-state index in [1.54, 1.807) is 27.9 Å². The predicted octanol–water partition coefficient (Wildman–Crippen LogP) is 2.01. The minimum Gasteiger partial charge on any atom is -0.337 e. The molecular formula is C17H21FN4O. The van der Waals surface area contributed by atoms with Gasteiger partial charge >= 0.3 is 0 Å². The second-order valence-corrected chi connectivity index (χ2v) is 5.81. The van der Waals surface area contributed by atoms with Crippen LogP contribution in [0.2, 0.25) is 0 Å². The summed E-state index contributed by atoms with van der Waals surface area (Å²) in [5, 5.41) is 7.62. The third-order valence-corrected chi connectivity index (χ3v) is 4.41. The maximum Gasteiger partial charge on any atom is 0.257 e. The van der Waals surface area contributed by atoms with E-state index in [9.17, 15) is 9.18 Å². The van der Waals surface area contributed by atoms with Gasteiger partial charge in [-0.1, -0.05) is 6.92 Å². The molecule has 1 unspecified atom stereocenters. The van der Waals surface area contributed by atoms with E-state index >= 15 is 0 Å². The van der Waals surface area contributed by atoms with Crippen LogP contribution in [0.4, 0.5) is 4.39 Å². The number of benzene rings is 1. The van der Waals surface area contributed by atoms with Crippen molar-refractivity contribution in [1.82, 2.24) is 20.0 Å². The van der Waals surface area contributed by atoms with Crippen LogP contribution in [0.25, 0.3) is 5.69 Å². The molecule has 1 aromatic carbocycles. The Labute approximate surface area is 135 Å². The molecule has 1 saturated heterocycles. The molecule has 3 rings (SSSR count). The number of halogens is 1. The highest BCUT2D eigenvalue weighted by atomic mass is 19.1. The highest BCUT2D eigenvalue weighted by Gasteiger charge is 2.27. The van der Waals surface area contributed by atoms with E-state index in [4.69, 9.17) is 0 Å². The summed E-state index contributed by atoms with van der Waals surface area (Å²) in [6, 6.07) is 6.35. The normalized spacial score (nSPS) is 17.4. The van der Waals surface area contributed by atoms with E-state index in [1.807, 2.05) is 14.0 Å². The third kappa shape index (κ3) is 2.99. The first-order chi connectivity index (χ1) is 11.1. The molecule has 122 valence electrons. The first-order valence-electron chi connectivity index (χ1n) is 7.92. The number of rotatable bonds is 4. The summed E-state index contributed by atoms with van der Waals surface area (Å²) in [7, 11) is 1.84. The summed E-state index contributed by atoms with van der Waals surface area (Å²) in [4.78, 5) is 14.6. The quantitative estimate of drug-likeness (QED) is 0.939. The Balaban J connectivity index is 1.91. The van der Waals surface area contributed by atoms with Gasteiger partial charge in [-0.25, -0.2) is 9.07 Å². The van der Waals surface area contributed by atoms with Crippen molar-refractivity contribution in [3.8, 4) is 5.69 Å². The summed E-state index contributed by atoms with van der Waals surface area (Å²) in [6.45, 7) is 3.76. The van der Waals surface area contributed by atoms with Crippen LogP contribution >= 0.6 is 0 Å². The molecule has 1 amide bonds. The number of hydrogen-bond acceptors (Lipinski definition) is 3. The lowest BCUT2D eigenvalue weighted by atomic mass is 10.1. The van der Waals surface area contributed by atoms with Gasteiger partial charge in [0.15, 0.2) is 0 Å². The summed E-state index contributed by atoms with van der Waals surface area (Å²) < 4.78 is 14.8. The number of nitrogens with zero attached hydrogens (tertiary/aromatic N) is 3. The highest BCUT2D eigenvalue weighted by molar-refractivity contribution is 5.95. The predicted molar refractivity (Wildman–Crippen MR) is 86.3 cm³/mol. The topological polar surface area (TPSA) is 50.2 Å². The van der Waals surface area contributed by atoms with E-state index < -0.39 is 0 Å². The number of nitrogens with one attached hydrogen (secondary N) is 1. The largest absolute Gasteiger partial charge is 0.337 e. The van der Waals surface area contributed by atoms with Gasteiger partial charge in [0.2, 0.25) is 0 Å². The van der Waals surface area contributed by atoms with Gasteiger partial charge in [0.05, 0.1) is 23.1 Å². The van der Waals surface area contributed by atoms with Crippen molar-refractivity contribution in [1.29, 1.82) is 0 Å². The summed E-state index contributed by atoms with van der Waals surface area (Å²) in [5.74, 6) is -0.298. The van der Waals surface area contributed by atoms with E-state index in [0.717, 1.165) is 30.9 Å². The zero-order valence-corrected chi connectivity index (χ0v) is 13.4. The first-order valence-corrected chi connectivity index (χ1v) is 7.92. The fraction of sp³-hybridized carbons (Fsp3) is 0.412. The van der Waals surface area contributed by atoms with Crippen LogP contribution in [0.1, 0.15) is 29.4 Å². The van der Waals surface area contributed by atoms with Crippen LogP contribution in [0.3, 0.4) is 0 Å². The summed E-state index contributed by atoms with van der Waals surface area (Å²) in [6.07, 6.45) is 3.26. The zero-order chi connectivity index (χ0) is 16.4. The molecule has 5 nitrogen and oxygen atoms in total. The van der Waals surface area contributed by atoms with Gasteiger partial charge in [0.25, 0.3) is 5.91 Å². The standard InChI is InChI=1S/C17H21FN4O/c1-3-16-15(17(23)21(2)14-8-9-19-10-14)11-20-22(16)13-6-4-12(18)5-7-13/h4-7,11,14,19H,3,8-10H2,1-2H3. The monoisotopic (exact) mass is 316 g/mol. The Bertz CT molecular complexity index is 689. The molecule has 1 aromatic heterocycles. The Kier molecular flexibility index (Phi) is 4.43. The SMILES string of the molecule is CCc1c(C(=O)N(C)C2CCNC2)cnn1-c1ccc(F)cc1. The number of amides is 1. The van der Waals surface area contributed by atoms with E-state index in [0.29, 0.717) is 12.0 Å². The molecule has 23 heavy (non-hydrogen) atoms. The minimum absolute atomic E-state index is 0.0103. The second-order valence-electron chi connectivity index (χ2n) is 5.81. The van der Waals surface area contributed by atoms with Crippen molar-refractivity contribution < 1.29 is 9.18 Å². The van der Waals surface area contributed by atoms with Gasteiger partial charge in [-0.15, -0.1) is 0 Å². The van der Waals surface area contributed by atoms with Crippen molar-refractivity contribution in [3.63, 3.8) is 0 Å². The van der Waals surface area contributed by atoms with Crippen LogP contribution in [-0.4, -0.2) is 46.8 Å². The lowest BCUT2D eigenvalue weighted by Gasteiger charge is -2.23. The van der Waals surface area contributed by atoms with Gasteiger partial charge in [-0.2, -0.15) is 5.10 Å². The number of carbonyl (C=O) groups excluding carboxylic acids is 1. The van der Waals surface area contributed by atoms with Crippen molar-refractivity contribution >= 4 is 5.91 Å². The maximum atomic E-state index is 13.1. The average Bonchev–Trinajstić information content (AvgIpc) is 3.23. The minimum atomic E-state index is -0.288. The molecule has 1 atom stereocenters. The molecule has 1 aliphatic heterocycles. The smallest absolute Gasteiger partial charge is 0.257 e. The second kappa shape index (κ2) is 6.50. The molecule has 2 aromatic rings. The van der Waals surface area contributed by atoms with Crippen molar-refractivity contribution in [2.75, 3.05) is 20.1 Å². The summed E-state index contributed by atoms with van der Waals surface area (Å²) >= 11 is 0. The van der Waals surface area contributed by atoms with Crippen molar-refractivity contribution in [2.24, 2.45) is 0 Å². The molecule has 6 heteroatoms. The lowest BCUT2D eigenvalue weighted by Crippen LogP contribution is -2.38. The lowest BCUT2D eigenvalue weighted by molar-refractivity contribution is 0.0742. The molecule has 0 aliphatic carbocycles. The fourth-order valence-corrected chi connectivity index (χ4v) is 3.02. The van der Waals surface area contributed by atoms with Gasteiger partial charge in [-0.3, -0.25) is 4.79 Å². The van der Waals surface area contributed by atoms with Crippen molar-refractivity contribution in [3.05, 3.63) is 47.5 Å². The molecule has 1 N–H and O–H groups in total. The Hall–Kier alpha value is -2.21. The van der Waals surface area contributed by atoms with Crippen LogP contribution in [0, 0.1) is 5.82 Å². The van der Waals surface area contributed by atoms with Crippen LogP contribution in [-0.2, 0) is 6.42 Å². The first kappa shape index (κ1) is 15.7. The fourth-order valence-electron chi connectivity index (χ4n) is 3.02. The number of hydrogen-bond donors (Lipinski definition) is 1. The number of aromatic nitrogens is 2. The highest BCUT2D eigenvalue weighted by Crippen LogP contribution is 2.19. The van der Waals surface area contributed by atoms with Crippen LogP contribution < -0.4 is 5.32 Å². The number of carbonyl (C=O) groups is 1. The zero-order valence-electron chi connectivity index (χ0n) is 13.4. The van der Waals surface area contributed by atoms with Gasteiger partial charge in [-0.05, 0) is 43.7 Å². The van der Waals surface area contributed by atoms with E-state index in [2.05, 4.69) is 10.4 Å². The Morgan fingerprint density at radius 3 is 2.78 bits per heavy atom. The van der Waals surface area contributed by atoms with Gasteiger partial charge in [0.1, 0.15) is 5.82 Å². The van der Waals surface area contributed by atoms with Gasteiger partial charge in [0, 0.05) is 19.6 Å². The van der Waals surface area contributed by atoms with Gasteiger partial charge < -0.3 is 10.2 Å². The third-order valence-electron chi connectivity index (χ3n) is 4.41. The molecule has 0 saturated carbocycles. The molecule has 1 fully saturated rings. The summed E-state index contributed by atoms with van der Waals surface area (Å²) in [5.41, 5.74) is 2.22.